The zero-order valence-electron chi connectivity index (χ0n) is 12.7. The number of nitrogens with zero attached hydrogens (tertiary/aromatic N) is 3. The van der Waals surface area contributed by atoms with E-state index in [-0.39, 0.29) is 17.2 Å². The average molecular weight is 351 g/mol. The quantitative estimate of drug-likeness (QED) is 0.786. The minimum atomic E-state index is -0.188. The summed E-state index contributed by atoms with van der Waals surface area (Å²) in [7, 11) is 1.83. The first-order valence-corrected chi connectivity index (χ1v) is 8.28. The number of hydrogen-bond donors (Lipinski definition) is 1. The predicted molar refractivity (Wildman–Crippen MR) is 92.3 cm³/mol. The van der Waals surface area contributed by atoms with Crippen molar-refractivity contribution in [1.29, 1.82) is 0 Å². The maximum Gasteiger partial charge on any atom is 0.307 e. The van der Waals surface area contributed by atoms with Gasteiger partial charge in [0, 0.05) is 36.1 Å². The minimum Gasteiger partial charge on any atom is -0.313 e. The molecule has 2 heterocycles. The Balaban J connectivity index is 1.73. The van der Waals surface area contributed by atoms with Crippen LogP contribution in [-0.2, 0) is 18.4 Å². The summed E-state index contributed by atoms with van der Waals surface area (Å²) in [5, 5.41) is 5.16. The van der Waals surface area contributed by atoms with E-state index in [0.717, 1.165) is 28.1 Å². The Kier molecular flexibility index (Phi) is 4.23. The Hall–Kier alpha value is -2.12. The van der Waals surface area contributed by atoms with Crippen molar-refractivity contribution in [3.63, 3.8) is 0 Å². The molecule has 0 aliphatic heterocycles. The van der Waals surface area contributed by atoms with Gasteiger partial charge in [-0.05, 0) is 25.1 Å². The highest BCUT2D eigenvalue weighted by molar-refractivity contribution is 7.07. The van der Waals surface area contributed by atoms with Gasteiger partial charge < -0.3 is 9.13 Å². The van der Waals surface area contributed by atoms with E-state index in [2.05, 4.69) is 10.3 Å². The number of rotatable bonds is 4. The van der Waals surface area contributed by atoms with Crippen LogP contribution < -0.4 is 10.2 Å². The number of benzene rings is 1. The molecule has 0 unspecified atom stereocenters. The average Bonchev–Trinajstić information content (AvgIpc) is 2.97. The van der Waals surface area contributed by atoms with Gasteiger partial charge in [-0.25, -0.2) is 4.98 Å². The number of anilines is 1. The van der Waals surface area contributed by atoms with E-state index in [1.165, 1.54) is 0 Å². The van der Waals surface area contributed by atoms with Crippen LogP contribution in [0.1, 0.15) is 12.1 Å². The molecule has 0 saturated heterocycles. The van der Waals surface area contributed by atoms with Crippen LogP contribution in [0.15, 0.2) is 28.4 Å². The highest BCUT2D eigenvalue weighted by atomic mass is 35.5. The fourth-order valence-electron chi connectivity index (χ4n) is 2.36. The minimum absolute atomic E-state index is 0.0485. The number of carbonyl (C=O) groups excluding carboxylic acids is 1. The Morgan fingerprint density at radius 2 is 2.22 bits per heavy atom. The van der Waals surface area contributed by atoms with Gasteiger partial charge in [-0.1, -0.05) is 22.9 Å². The molecular weight excluding hydrogens is 336 g/mol. The van der Waals surface area contributed by atoms with Crippen LogP contribution in [0.5, 0.6) is 0 Å². The molecular formula is C15H15ClN4O2S. The topological polar surface area (TPSA) is 68.9 Å². The summed E-state index contributed by atoms with van der Waals surface area (Å²) < 4.78 is 3.39. The molecule has 0 bridgehead atoms. The van der Waals surface area contributed by atoms with Crippen LogP contribution in [0.2, 0.25) is 5.02 Å². The molecule has 0 aliphatic carbocycles. The van der Waals surface area contributed by atoms with E-state index in [4.69, 9.17) is 11.6 Å². The lowest BCUT2D eigenvalue weighted by molar-refractivity contribution is -0.116. The summed E-state index contributed by atoms with van der Waals surface area (Å²) in [6, 6.07) is 5.39. The molecule has 0 aliphatic rings. The number of amides is 1. The van der Waals surface area contributed by atoms with Gasteiger partial charge >= 0.3 is 4.87 Å². The second kappa shape index (κ2) is 6.17. The second-order valence-corrected chi connectivity index (χ2v) is 6.48. The van der Waals surface area contributed by atoms with Crippen molar-refractivity contribution in [1.82, 2.24) is 14.1 Å². The van der Waals surface area contributed by atoms with Crippen LogP contribution in [0.4, 0.5) is 5.95 Å². The van der Waals surface area contributed by atoms with Gasteiger partial charge in [0.2, 0.25) is 11.9 Å². The number of imidazole rings is 1. The van der Waals surface area contributed by atoms with Crippen LogP contribution in [0.3, 0.4) is 0 Å². The maximum atomic E-state index is 12.1. The largest absolute Gasteiger partial charge is 0.313 e. The number of thiazole rings is 1. The first-order chi connectivity index (χ1) is 11.0. The van der Waals surface area contributed by atoms with E-state index in [1.54, 1.807) is 26.6 Å². The molecule has 0 fully saturated rings. The standard InChI is InChI=1S/C15H15ClN4O2S/c1-9-8-23-15(22)20(9)6-5-13(21)18-14-17-11-7-10(16)3-4-12(11)19(14)2/h3-4,7-8H,5-6H2,1-2H3,(H,17,18,21). The lowest BCUT2D eigenvalue weighted by Crippen LogP contribution is -2.21. The van der Waals surface area contributed by atoms with Crippen molar-refractivity contribution in [3.8, 4) is 0 Å². The zero-order chi connectivity index (χ0) is 16.6. The fraction of sp³-hybridized carbons (Fsp3) is 0.267. The number of hydrogen-bond acceptors (Lipinski definition) is 4. The molecule has 23 heavy (non-hydrogen) atoms. The molecule has 120 valence electrons. The summed E-state index contributed by atoms with van der Waals surface area (Å²) in [4.78, 5) is 28.1. The Morgan fingerprint density at radius 1 is 1.43 bits per heavy atom. The molecule has 3 rings (SSSR count). The normalized spacial score (nSPS) is 11.1. The highest BCUT2D eigenvalue weighted by Crippen LogP contribution is 2.21. The van der Waals surface area contributed by atoms with Crippen molar-refractivity contribution < 1.29 is 4.79 Å². The van der Waals surface area contributed by atoms with E-state index >= 15 is 0 Å². The lowest BCUT2D eigenvalue weighted by atomic mass is 10.3. The zero-order valence-corrected chi connectivity index (χ0v) is 14.2. The van der Waals surface area contributed by atoms with E-state index in [0.29, 0.717) is 17.5 Å². The van der Waals surface area contributed by atoms with Gasteiger partial charge in [0.05, 0.1) is 11.0 Å². The van der Waals surface area contributed by atoms with Crippen LogP contribution in [0, 0.1) is 6.92 Å². The van der Waals surface area contributed by atoms with Crippen LogP contribution in [0.25, 0.3) is 11.0 Å². The van der Waals surface area contributed by atoms with Gasteiger partial charge in [-0.2, -0.15) is 0 Å². The van der Waals surface area contributed by atoms with Gasteiger partial charge in [-0.3, -0.25) is 14.9 Å². The monoisotopic (exact) mass is 350 g/mol. The smallest absolute Gasteiger partial charge is 0.307 e. The Bertz CT molecular complexity index is 941. The van der Waals surface area contributed by atoms with Gasteiger partial charge in [-0.15, -0.1) is 0 Å². The summed E-state index contributed by atoms with van der Waals surface area (Å²) in [5.74, 6) is 0.272. The van der Waals surface area contributed by atoms with Crippen LogP contribution in [-0.4, -0.2) is 20.0 Å². The van der Waals surface area contributed by atoms with Crippen molar-refractivity contribution in [2.75, 3.05) is 5.32 Å². The molecule has 0 atom stereocenters. The van der Waals surface area contributed by atoms with E-state index in [1.807, 2.05) is 20.0 Å². The predicted octanol–water partition coefficient (Wildman–Crippen LogP) is 2.79. The van der Waals surface area contributed by atoms with Gasteiger partial charge in [0.25, 0.3) is 0 Å². The number of carbonyl (C=O) groups is 1. The molecule has 0 saturated carbocycles. The van der Waals surface area contributed by atoms with Gasteiger partial charge in [0.15, 0.2) is 0 Å². The van der Waals surface area contributed by atoms with Crippen molar-refractivity contribution >= 4 is 45.8 Å². The molecule has 8 heteroatoms. The maximum absolute atomic E-state index is 12.1. The van der Waals surface area contributed by atoms with Crippen LogP contribution >= 0.6 is 22.9 Å². The van der Waals surface area contributed by atoms with Crippen molar-refractivity contribution in [2.24, 2.45) is 7.05 Å². The van der Waals surface area contributed by atoms with Crippen molar-refractivity contribution in [2.45, 2.75) is 19.9 Å². The lowest BCUT2D eigenvalue weighted by Gasteiger charge is -2.06. The van der Waals surface area contributed by atoms with E-state index in [9.17, 15) is 9.59 Å². The summed E-state index contributed by atoms with van der Waals surface area (Å²) in [6.07, 6.45) is 0.210. The number of aromatic nitrogens is 3. The Labute approximate surface area is 141 Å². The molecule has 2 aromatic heterocycles. The second-order valence-electron chi connectivity index (χ2n) is 5.22. The molecule has 1 amide bonds. The fourth-order valence-corrected chi connectivity index (χ4v) is 3.29. The molecule has 0 spiro atoms. The molecule has 3 aromatic rings. The molecule has 6 nitrogen and oxygen atoms in total. The third kappa shape index (κ3) is 3.16. The third-order valence-electron chi connectivity index (χ3n) is 3.63. The molecule has 1 N–H and O–H groups in total. The molecule has 0 radical (unpaired) electrons. The highest BCUT2D eigenvalue weighted by Gasteiger charge is 2.12. The SMILES string of the molecule is Cc1csc(=O)n1CCC(=O)Nc1nc2cc(Cl)ccc2n1C. The van der Waals surface area contributed by atoms with Crippen molar-refractivity contribution in [3.05, 3.63) is 44.0 Å². The first kappa shape index (κ1) is 15.8. The Morgan fingerprint density at radius 3 is 2.91 bits per heavy atom. The van der Waals surface area contributed by atoms with Gasteiger partial charge in [0.1, 0.15) is 0 Å². The number of nitrogens with one attached hydrogen (secondary N) is 1. The number of fused-ring (bicyclic) bond motifs is 1. The van der Waals surface area contributed by atoms with E-state index < -0.39 is 0 Å². The molecule has 1 aromatic carbocycles. The number of halogens is 1. The first-order valence-electron chi connectivity index (χ1n) is 7.02. The summed E-state index contributed by atoms with van der Waals surface area (Å²) in [6.45, 7) is 2.21. The summed E-state index contributed by atoms with van der Waals surface area (Å²) >= 11 is 7.09. The third-order valence-corrected chi connectivity index (χ3v) is 4.75. The summed E-state index contributed by atoms with van der Waals surface area (Å²) in [5.41, 5.74) is 2.47. The number of aryl methyl sites for hydroxylation is 2.